The van der Waals surface area contributed by atoms with Crippen molar-refractivity contribution < 1.29 is 14.3 Å². The molecule has 0 aliphatic heterocycles. The van der Waals surface area contributed by atoms with E-state index in [9.17, 15) is 4.79 Å². The molecule has 0 aliphatic carbocycles. The van der Waals surface area contributed by atoms with Crippen molar-refractivity contribution in [2.45, 2.75) is 6.42 Å². The van der Waals surface area contributed by atoms with Crippen LogP contribution in [0, 0.1) is 0 Å². The molecule has 1 aromatic rings. The van der Waals surface area contributed by atoms with Gasteiger partial charge in [-0.1, -0.05) is 17.7 Å². The Hall–Kier alpha value is -1.30. The number of nitrogen functional groups attached to an aromatic ring is 1. The first-order valence-corrected chi connectivity index (χ1v) is 6.43. The van der Waals surface area contributed by atoms with E-state index in [1.54, 1.807) is 25.3 Å². The zero-order valence-corrected chi connectivity index (χ0v) is 11.7. The van der Waals surface area contributed by atoms with E-state index in [0.29, 0.717) is 37.6 Å². The number of nitrogens with one attached hydrogen (secondary N) is 1. The molecule has 5 nitrogen and oxygen atoms in total. The van der Waals surface area contributed by atoms with Gasteiger partial charge < -0.3 is 20.5 Å². The third kappa shape index (κ3) is 5.46. The van der Waals surface area contributed by atoms with Crippen LogP contribution in [0.25, 0.3) is 0 Å². The fraction of sp³-hybridized carbons (Fsp3) is 0.462. The minimum Gasteiger partial charge on any atom is -0.398 e. The number of methoxy groups -OCH3 is 1. The largest absolute Gasteiger partial charge is 0.398 e. The molecule has 0 fully saturated rings. The molecule has 0 heterocycles. The summed E-state index contributed by atoms with van der Waals surface area (Å²) >= 11 is 5.96. The summed E-state index contributed by atoms with van der Waals surface area (Å²) in [5.41, 5.74) is 6.43. The van der Waals surface area contributed by atoms with Crippen molar-refractivity contribution in [2.24, 2.45) is 0 Å². The Balaban J connectivity index is 2.26. The molecular weight excluding hydrogens is 268 g/mol. The number of ether oxygens (including phenoxy) is 2. The highest BCUT2D eigenvalue weighted by Crippen LogP contribution is 2.22. The van der Waals surface area contributed by atoms with Gasteiger partial charge in [-0.15, -0.1) is 0 Å². The average Bonchev–Trinajstić information content (AvgIpc) is 2.40. The Morgan fingerprint density at radius 2 is 2.16 bits per heavy atom. The molecule has 0 aliphatic rings. The summed E-state index contributed by atoms with van der Waals surface area (Å²) in [6, 6.07) is 5.00. The van der Waals surface area contributed by atoms with Crippen LogP contribution in [0.15, 0.2) is 18.2 Å². The van der Waals surface area contributed by atoms with Crippen molar-refractivity contribution in [3.8, 4) is 0 Å². The molecule has 0 radical (unpaired) electrons. The Kier molecular flexibility index (Phi) is 7.25. The van der Waals surface area contributed by atoms with E-state index in [1.165, 1.54) is 0 Å². The molecular formula is C13H19ClN2O3. The Morgan fingerprint density at radius 1 is 1.37 bits per heavy atom. The van der Waals surface area contributed by atoms with Gasteiger partial charge in [0, 0.05) is 20.3 Å². The molecule has 0 bridgehead atoms. The van der Waals surface area contributed by atoms with Crippen LogP contribution in [-0.4, -0.2) is 39.4 Å². The zero-order chi connectivity index (χ0) is 14.1. The third-order valence-corrected chi connectivity index (χ3v) is 2.88. The van der Waals surface area contributed by atoms with Gasteiger partial charge in [-0.25, -0.2) is 0 Å². The number of nitrogens with two attached hydrogens (primary N) is 1. The molecule has 106 valence electrons. The standard InChI is InChI=1S/C13H19ClN2O3/c1-18-8-9-19-7-3-6-16-13(17)10-4-2-5-11(15)12(10)14/h2,4-5H,3,6-9,15H2,1H3,(H,16,17). The van der Waals surface area contributed by atoms with Crippen LogP contribution in [0.4, 0.5) is 5.69 Å². The molecule has 3 N–H and O–H groups in total. The molecule has 0 saturated heterocycles. The van der Waals surface area contributed by atoms with E-state index in [-0.39, 0.29) is 10.9 Å². The summed E-state index contributed by atoms with van der Waals surface area (Å²) in [4.78, 5) is 11.8. The number of halogens is 1. The number of benzene rings is 1. The Labute approximate surface area is 118 Å². The maximum absolute atomic E-state index is 11.8. The van der Waals surface area contributed by atoms with Gasteiger partial charge in [0.2, 0.25) is 0 Å². The van der Waals surface area contributed by atoms with Gasteiger partial charge in [0.05, 0.1) is 29.5 Å². The molecule has 0 aromatic heterocycles. The van der Waals surface area contributed by atoms with E-state index >= 15 is 0 Å². The van der Waals surface area contributed by atoms with E-state index in [2.05, 4.69) is 5.32 Å². The van der Waals surface area contributed by atoms with Crippen LogP contribution in [-0.2, 0) is 9.47 Å². The highest BCUT2D eigenvalue weighted by Gasteiger charge is 2.11. The lowest BCUT2D eigenvalue weighted by Crippen LogP contribution is -2.25. The van der Waals surface area contributed by atoms with Gasteiger partial charge in [0.1, 0.15) is 0 Å². The smallest absolute Gasteiger partial charge is 0.252 e. The fourth-order valence-electron chi connectivity index (χ4n) is 1.44. The molecule has 1 aromatic carbocycles. The first-order valence-electron chi connectivity index (χ1n) is 6.05. The predicted molar refractivity (Wildman–Crippen MR) is 75.5 cm³/mol. The van der Waals surface area contributed by atoms with Gasteiger partial charge in [-0.05, 0) is 18.6 Å². The first-order chi connectivity index (χ1) is 9.16. The van der Waals surface area contributed by atoms with Gasteiger partial charge >= 0.3 is 0 Å². The quantitative estimate of drug-likeness (QED) is 0.563. The zero-order valence-electron chi connectivity index (χ0n) is 10.9. The van der Waals surface area contributed by atoms with E-state index in [1.807, 2.05) is 0 Å². The minimum atomic E-state index is -0.228. The second kappa shape index (κ2) is 8.74. The molecule has 0 atom stereocenters. The molecule has 0 saturated carbocycles. The number of hydrogen-bond donors (Lipinski definition) is 2. The van der Waals surface area contributed by atoms with Crippen LogP contribution in [0.1, 0.15) is 16.8 Å². The number of carbonyl (C=O) groups is 1. The molecule has 1 rings (SSSR count). The number of rotatable bonds is 8. The van der Waals surface area contributed by atoms with Crippen molar-refractivity contribution in [3.63, 3.8) is 0 Å². The van der Waals surface area contributed by atoms with Gasteiger partial charge in [0.15, 0.2) is 0 Å². The lowest BCUT2D eigenvalue weighted by atomic mass is 10.2. The van der Waals surface area contributed by atoms with Crippen LogP contribution in [0.5, 0.6) is 0 Å². The first kappa shape index (κ1) is 15.8. The van der Waals surface area contributed by atoms with Crippen molar-refractivity contribution in [1.82, 2.24) is 5.32 Å². The molecule has 1 amide bonds. The third-order valence-electron chi connectivity index (χ3n) is 2.46. The van der Waals surface area contributed by atoms with Crippen molar-refractivity contribution >= 4 is 23.2 Å². The number of carbonyl (C=O) groups excluding carboxylic acids is 1. The molecule has 0 unspecified atom stereocenters. The summed E-state index contributed by atoms with van der Waals surface area (Å²) in [5.74, 6) is -0.228. The summed E-state index contributed by atoms with van der Waals surface area (Å²) in [5, 5.41) is 3.06. The van der Waals surface area contributed by atoms with E-state index in [0.717, 1.165) is 6.42 Å². The number of anilines is 1. The Bertz CT molecular complexity index is 413. The van der Waals surface area contributed by atoms with Crippen LogP contribution in [0.3, 0.4) is 0 Å². The second-order valence-corrected chi connectivity index (χ2v) is 4.30. The van der Waals surface area contributed by atoms with Gasteiger partial charge in [-0.2, -0.15) is 0 Å². The lowest BCUT2D eigenvalue weighted by Gasteiger charge is -2.08. The second-order valence-electron chi connectivity index (χ2n) is 3.92. The van der Waals surface area contributed by atoms with E-state index in [4.69, 9.17) is 26.8 Å². The maximum atomic E-state index is 11.8. The summed E-state index contributed by atoms with van der Waals surface area (Å²) in [6.07, 6.45) is 0.732. The molecule has 0 spiro atoms. The average molecular weight is 287 g/mol. The van der Waals surface area contributed by atoms with Gasteiger partial charge in [-0.3, -0.25) is 4.79 Å². The number of amides is 1. The topological polar surface area (TPSA) is 73.6 Å². The summed E-state index contributed by atoms with van der Waals surface area (Å²) in [7, 11) is 1.62. The molecule has 6 heteroatoms. The predicted octanol–water partition coefficient (Wildman–Crippen LogP) is 1.71. The van der Waals surface area contributed by atoms with Crippen LogP contribution >= 0.6 is 11.6 Å². The monoisotopic (exact) mass is 286 g/mol. The fourth-order valence-corrected chi connectivity index (χ4v) is 1.65. The molecule has 19 heavy (non-hydrogen) atoms. The Morgan fingerprint density at radius 3 is 2.89 bits per heavy atom. The van der Waals surface area contributed by atoms with Crippen LogP contribution < -0.4 is 11.1 Å². The normalized spacial score (nSPS) is 10.4. The minimum absolute atomic E-state index is 0.228. The van der Waals surface area contributed by atoms with Gasteiger partial charge in [0.25, 0.3) is 5.91 Å². The number of hydrogen-bond acceptors (Lipinski definition) is 4. The highest BCUT2D eigenvalue weighted by atomic mass is 35.5. The highest BCUT2D eigenvalue weighted by molar-refractivity contribution is 6.36. The SMILES string of the molecule is COCCOCCCNC(=O)c1cccc(N)c1Cl. The van der Waals surface area contributed by atoms with Crippen molar-refractivity contribution in [1.29, 1.82) is 0 Å². The maximum Gasteiger partial charge on any atom is 0.252 e. The van der Waals surface area contributed by atoms with Crippen molar-refractivity contribution in [2.75, 3.05) is 39.2 Å². The summed E-state index contributed by atoms with van der Waals surface area (Å²) < 4.78 is 10.1. The van der Waals surface area contributed by atoms with E-state index < -0.39 is 0 Å². The lowest BCUT2D eigenvalue weighted by molar-refractivity contribution is 0.0688. The van der Waals surface area contributed by atoms with Crippen LogP contribution in [0.2, 0.25) is 5.02 Å². The van der Waals surface area contributed by atoms with Crippen molar-refractivity contribution in [3.05, 3.63) is 28.8 Å². The summed E-state index contributed by atoms with van der Waals surface area (Å²) in [6.45, 7) is 2.24.